The molecule has 0 aliphatic heterocycles. The first-order chi connectivity index (χ1) is 10.9. The lowest BCUT2D eigenvalue weighted by atomic mass is 10.2. The molecular weight excluding hydrogens is 328 g/mol. The van der Waals surface area contributed by atoms with E-state index in [-0.39, 0.29) is 5.75 Å². The van der Waals surface area contributed by atoms with E-state index in [2.05, 4.69) is 5.32 Å². The van der Waals surface area contributed by atoms with Gasteiger partial charge in [-0.2, -0.15) is 0 Å². The van der Waals surface area contributed by atoms with Crippen molar-refractivity contribution in [1.82, 2.24) is 0 Å². The van der Waals surface area contributed by atoms with E-state index < -0.39 is 23.6 Å². The summed E-state index contributed by atoms with van der Waals surface area (Å²) in [6, 6.07) is 7.81. The van der Waals surface area contributed by atoms with Crippen LogP contribution in [0.25, 0.3) is 0 Å². The highest BCUT2D eigenvalue weighted by Gasteiger charge is 2.16. The fourth-order valence-corrected chi connectivity index (χ4v) is 2.05. The highest BCUT2D eigenvalue weighted by atomic mass is 35.5. The van der Waals surface area contributed by atoms with E-state index in [4.69, 9.17) is 21.1 Å². The quantitative estimate of drug-likeness (QED) is 0.893. The third-order valence-electron chi connectivity index (χ3n) is 2.99. The predicted molar refractivity (Wildman–Crippen MR) is 83.1 cm³/mol. The van der Waals surface area contributed by atoms with Gasteiger partial charge in [0.2, 0.25) is 0 Å². The first kappa shape index (κ1) is 17.0. The zero-order valence-corrected chi connectivity index (χ0v) is 13.2. The van der Waals surface area contributed by atoms with Crippen LogP contribution in [-0.4, -0.2) is 19.1 Å². The second-order valence-corrected chi connectivity index (χ2v) is 5.08. The molecule has 0 aliphatic carbocycles. The molecule has 2 rings (SSSR count). The summed E-state index contributed by atoms with van der Waals surface area (Å²) >= 11 is 5.97. The average molecular weight is 342 g/mol. The number of carbonyl (C=O) groups is 1. The molecule has 4 nitrogen and oxygen atoms in total. The van der Waals surface area contributed by atoms with Crippen molar-refractivity contribution in [2.45, 2.75) is 13.0 Å². The Balaban J connectivity index is 2.02. The van der Waals surface area contributed by atoms with Crippen molar-refractivity contribution in [2.75, 3.05) is 12.4 Å². The van der Waals surface area contributed by atoms with Gasteiger partial charge >= 0.3 is 0 Å². The van der Waals surface area contributed by atoms with Crippen molar-refractivity contribution in [1.29, 1.82) is 0 Å². The number of benzene rings is 2. The van der Waals surface area contributed by atoms with Gasteiger partial charge < -0.3 is 14.8 Å². The number of ether oxygens (including phenoxy) is 2. The monoisotopic (exact) mass is 341 g/mol. The molecule has 7 heteroatoms. The van der Waals surface area contributed by atoms with Gasteiger partial charge in [0.1, 0.15) is 11.5 Å². The lowest BCUT2D eigenvalue weighted by Crippen LogP contribution is -2.30. The number of rotatable bonds is 5. The Bertz CT molecular complexity index is 724. The summed E-state index contributed by atoms with van der Waals surface area (Å²) in [4.78, 5) is 12.1. The minimum absolute atomic E-state index is 0.0549. The van der Waals surface area contributed by atoms with Crippen LogP contribution < -0.4 is 14.8 Å². The molecule has 0 unspecified atom stereocenters. The Morgan fingerprint density at radius 2 is 1.91 bits per heavy atom. The molecule has 0 aliphatic rings. The standard InChI is InChI=1S/C16H14ClF2NO3/c1-9(23-11-4-5-13(18)14(19)8-11)16(21)20-10-3-6-15(22-2)12(17)7-10/h3-9H,1-2H3,(H,20,21)/t9-/m0/s1. The second kappa shape index (κ2) is 7.28. The summed E-state index contributed by atoms with van der Waals surface area (Å²) in [7, 11) is 1.48. The van der Waals surface area contributed by atoms with Crippen molar-refractivity contribution in [3.8, 4) is 11.5 Å². The molecule has 0 radical (unpaired) electrons. The highest BCUT2D eigenvalue weighted by Crippen LogP contribution is 2.27. The van der Waals surface area contributed by atoms with Gasteiger partial charge in [-0.25, -0.2) is 8.78 Å². The van der Waals surface area contributed by atoms with Crippen LogP contribution >= 0.6 is 11.6 Å². The van der Waals surface area contributed by atoms with Crippen LogP contribution in [-0.2, 0) is 4.79 Å². The molecule has 0 spiro atoms. The molecule has 1 N–H and O–H groups in total. The normalized spacial score (nSPS) is 11.7. The Hall–Kier alpha value is -2.34. The highest BCUT2D eigenvalue weighted by molar-refractivity contribution is 6.32. The summed E-state index contributed by atoms with van der Waals surface area (Å²) in [5.41, 5.74) is 0.460. The molecule has 0 aromatic heterocycles. The van der Waals surface area contributed by atoms with E-state index in [0.717, 1.165) is 12.1 Å². The topological polar surface area (TPSA) is 47.6 Å². The van der Waals surface area contributed by atoms with E-state index in [1.165, 1.54) is 26.2 Å². The van der Waals surface area contributed by atoms with Crippen LogP contribution in [0.15, 0.2) is 36.4 Å². The van der Waals surface area contributed by atoms with E-state index in [1.54, 1.807) is 12.1 Å². The summed E-state index contributed by atoms with van der Waals surface area (Å²) in [5.74, 6) is -1.95. The van der Waals surface area contributed by atoms with Crippen LogP contribution in [0, 0.1) is 11.6 Å². The van der Waals surface area contributed by atoms with Crippen molar-refractivity contribution in [3.63, 3.8) is 0 Å². The van der Waals surface area contributed by atoms with Gasteiger partial charge in [0, 0.05) is 11.8 Å². The van der Waals surface area contributed by atoms with Crippen molar-refractivity contribution in [2.24, 2.45) is 0 Å². The van der Waals surface area contributed by atoms with E-state index in [9.17, 15) is 13.6 Å². The van der Waals surface area contributed by atoms with Gasteiger partial charge in [-0.15, -0.1) is 0 Å². The molecular formula is C16H14ClF2NO3. The summed E-state index contributed by atoms with van der Waals surface area (Å²) in [6.45, 7) is 1.49. The zero-order chi connectivity index (χ0) is 17.0. The number of anilines is 1. The number of halogens is 3. The molecule has 0 fully saturated rings. The maximum atomic E-state index is 13.1. The predicted octanol–water partition coefficient (Wildman–Crippen LogP) is 4.03. The Morgan fingerprint density at radius 3 is 2.52 bits per heavy atom. The fourth-order valence-electron chi connectivity index (χ4n) is 1.80. The maximum absolute atomic E-state index is 13.1. The number of amides is 1. The Kier molecular flexibility index (Phi) is 5.39. The Labute approximate surface area is 137 Å². The van der Waals surface area contributed by atoms with Gasteiger partial charge in [0.15, 0.2) is 17.7 Å². The summed E-state index contributed by atoms with van der Waals surface area (Å²) < 4.78 is 36.3. The van der Waals surface area contributed by atoms with E-state index >= 15 is 0 Å². The lowest BCUT2D eigenvalue weighted by Gasteiger charge is -2.15. The molecule has 0 saturated carbocycles. The minimum Gasteiger partial charge on any atom is -0.495 e. The maximum Gasteiger partial charge on any atom is 0.265 e. The molecule has 122 valence electrons. The third-order valence-corrected chi connectivity index (χ3v) is 3.29. The van der Waals surface area contributed by atoms with Gasteiger partial charge in [-0.1, -0.05) is 11.6 Å². The second-order valence-electron chi connectivity index (χ2n) is 4.67. The van der Waals surface area contributed by atoms with Crippen LogP contribution in [0.2, 0.25) is 5.02 Å². The molecule has 1 atom stereocenters. The lowest BCUT2D eigenvalue weighted by molar-refractivity contribution is -0.122. The van der Waals surface area contributed by atoms with Crippen molar-refractivity contribution < 1.29 is 23.0 Å². The van der Waals surface area contributed by atoms with Crippen LogP contribution in [0.4, 0.5) is 14.5 Å². The van der Waals surface area contributed by atoms with Gasteiger partial charge in [0.25, 0.3) is 5.91 Å². The van der Waals surface area contributed by atoms with Gasteiger partial charge in [-0.05, 0) is 37.3 Å². The Morgan fingerprint density at radius 1 is 1.17 bits per heavy atom. The smallest absolute Gasteiger partial charge is 0.265 e. The number of hydrogen-bond acceptors (Lipinski definition) is 3. The first-order valence-corrected chi connectivity index (χ1v) is 7.04. The third kappa shape index (κ3) is 4.32. The largest absolute Gasteiger partial charge is 0.495 e. The average Bonchev–Trinajstić information content (AvgIpc) is 2.51. The first-order valence-electron chi connectivity index (χ1n) is 6.67. The van der Waals surface area contributed by atoms with E-state index in [1.807, 2.05) is 0 Å². The molecule has 0 bridgehead atoms. The zero-order valence-electron chi connectivity index (χ0n) is 12.4. The number of nitrogens with one attached hydrogen (secondary N) is 1. The molecule has 2 aromatic rings. The molecule has 0 heterocycles. The number of methoxy groups -OCH3 is 1. The molecule has 1 amide bonds. The van der Waals surface area contributed by atoms with Crippen molar-refractivity contribution in [3.05, 3.63) is 53.1 Å². The van der Waals surface area contributed by atoms with Gasteiger partial charge in [0.05, 0.1) is 12.1 Å². The SMILES string of the molecule is COc1ccc(NC(=O)[C@H](C)Oc2ccc(F)c(F)c2)cc1Cl. The van der Waals surface area contributed by atoms with E-state index in [0.29, 0.717) is 16.5 Å². The van der Waals surface area contributed by atoms with Crippen LogP contribution in [0.1, 0.15) is 6.92 Å². The van der Waals surface area contributed by atoms with Crippen LogP contribution in [0.3, 0.4) is 0 Å². The number of hydrogen-bond donors (Lipinski definition) is 1. The minimum atomic E-state index is -1.04. The molecule has 23 heavy (non-hydrogen) atoms. The van der Waals surface area contributed by atoms with Crippen molar-refractivity contribution >= 4 is 23.2 Å². The summed E-state index contributed by atoms with van der Waals surface area (Å²) in [5, 5.41) is 2.96. The van der Waals surface area contributed by atoms with Gasteiger partial charge in [-0.3, -0.25) is 4.79 Å². The van der Waals surface area contributed by atoms with Crippen LogP contribution in [0.5, 0.6) is 11.5 Å². The number of carbonyl (C=O) groups excluding carboxylic acids is 1. The fraction of sp³-hybridized carbons (Fsp3) is 0.188. The summed E-state index contributed by atoms with van der Waals surface area (Å²) in [6.07, 6.45) is -0.916. The molecule has 0 saturated heterocycles. The molecule has 2 aromatic carbocycles.